The first kappa shape index (κ1) is 11.1. The Kier molecular flexibility index (Phi) is 3.24. The van der Waals surface area contributed by atoms with Gasteiger partial charge in [0, 0.05) is 16.1 Å². The second-order valence-electron chi connectivity index (χ2n) is 3.32. The first-order chi connectivity index (χ1) is 7.72. The molecule has 1 unspecified atom stereocenters. The lowest BCUT2D eigenvalue weighted by Gasteiger charge is -2.15. The second kappa shape index (κ2) is 4.65. The van der Waals surface area contributed by atoms with E-state index in [9.17, 15) is 4.39 Å². The second-order valence-corrected chi connectivity index (χ2v) is 3.76. The molecule has 1 aromatic heterocycles. The lowest BCUT2D eigenvalue weighted by molar-refractivity contribution is 0.539. The summed E-state index contributed by atoms with van der Waals surface area (Å²) >= 11 is 5.82. The van der Waals surface area contributed by atoms with Gasteiger partial charge < -0.3 is 4.42 Å². The van der Waals surface area contributed by atoms with Crippen molar-refractivity contribution in [3.63, 3.8) is 0 Å². The first-order valence-electron chi connectivity index (χ1n) is 4.65. The largest absolute Gasteiger partial charge is 0.472 e. The fraction of sp³-hybridized carbons (Fsp3) is 0.0909. The van der Waals surface area contributed by atoms with E-state index in [2.05, 4.69) is 5.43 Å². The number of benzene rings is 1. The summed E-state index contributed by atoms with van der Waals surface area (Å²) in [5.41, 5.74) is 3.66. The summed E-state index contributed by atoms with van der Waals surface area (Å²) in [6.07, 6.45) is 3.01. The van der Waals surface area contributed by atoms with Gasteiger partial charge in [-0.2, -0.15) is 0 Å². The molecule has 1 heterocycles. The lowest BCUT2D eigenvalue weighted by atomic mass is 10.0. The molecule has 0 fully saturated rings. The van der Waals surface area contributed by atoms with E-state index >= 15 is 0 Å². The summed E-state index contributed by atoms with van der Waals surface area (Å²) in [5, 5.41) is 0.458. The van der Waals surface area contributed by atoms with Gasteiger partial charge in [-0.15, -0.1) is 0 Å². The molecule has 0 aliphatic heterocycles. The third-order valence-corrected chi connectivity index (χ3v) is 2.55. The zero-order chi connectivity index (χ0) is 11.5. The van der Waals surface area contributed by atoms with E-state index in [0.717, 1.165) is 5.56 Å². The van der Waals surface area contributed by atoms with Crippen LogP contribution >= 0.6 is 11.6 Å². The van der Waals surface area contributed by atoms with Crippen LogP contribution in [-0.2, 0) is 0 Å². The zero-order valence-electron chi connectivity index (χ0n) is 8.28. The average Bonchev–Trinajstić information content (AvgIpc) is 2.78. The summed E-state index contributed by atoms with van der Waals surface area (Å²) in [4.78, 5) is 0. The van der Waals surface area contributed by atoms with E-state index < -0.39 is 6.04 Å². The summed E-state index contributed by atoms with van der Waals surface area (Å²) in [7, 11) is 0. The molecule has 3 nitrogen and oxygen atoms in total. The molecule has 0 saturated heterocycles. The number of nitrogens with two attached hydrogens (primary N) is 1. The van der Waals surface area contributed by atoms with Crippen LogP contribution in [0.3, 0.4) is 0 Å². The molecule has 0 aliphatic rings. The van der Waals surface area contributed by atoms with E-state index in [0.29, 0.717) is 10.6 Å². The zero-order valence-corrected chi connectivity index (χ0v) is 9.04. The van der Waals surface area contributed by atoms with Gasteiger partial charge in [0.05, 0.1) is 18.6 Å². The van der Waals surface area contributed by atoms with Crippen molar-refractivity contribution in [2.24, 2.45) is 5.84 Å². The van der Waals surface area contributed by atoms with Gasteiger partial charge in [-0.05, 0) is 24.3 Å². The van der Waals surface area contributed by atoms with Crippen molar-refractivity contribution < 1.29 is 8.81 Å². The predicted molar refractivity (Wildman–Crippen MR) is 59.3 cm³/mol. The number of halogens is 2. The van der Waals surface area contributed by atoms with Gasteiger partial charge in [0.15, 0.2) is 0 Å². The summed E-state index contributed by atoms with van der Waals surface area (Å²) in [6.45, 7) is 0. The SMILES string of the molecule is NNC(c1ccoc1)c1cc(Cl)ccc1F. The Labute approximate surface area is 97.0 Å². The van der Waals surface area contributed by atoms with E-state index in [4.69, 9.17) is 21.9 Å². The molecule has 5 heteroatoms. The molecule has 0 aliphatic carbocycles. The minimum atomic E-state index is -0.475. The van der Waals surface area contributed by atoms with Gasteiger partial charge in [-0.3, -0.25) is 5.84 Å². The van der Waals surface area contributed by atoms with Crippen LogP contribution < -0.4 is 11.3 Å². The van der Waals surface area contributed by atoms with Crippen LogP contribution in [0.5, 0.6) is 0 Å². The van der Waals surface area contributed by atoms with E-state index in [1.807, 2.05) is 0 Å². The quantitative estimate of drug-likeness (QED) is 0.641. The Morgan fingerprint density at radius 3 is 2.81 bits per heavy atom. The van der Waals surface area contributed by atoms with Crippen LogP contribution in [0.4, 0.5) is 4.39 Å². The Hall–Kier alpha value is -1.36. The number of hydrogen-bond acceptors (Lipinski definition) is 3. The van der Waals surface area contributed by atoms with Gasteiger partial charge in [-0.1, -0.05) is 11.6 Å². The predicted octanol–water partition coefficient (Wildman–Crippen LogP) is 2.62. The van der Waals surface area contributed by atoms with Crippen molar-refractivity contribution in [3.05, 3.63) is 58.8 Å². The number of hydrazine groups is 1. The maximum atomic E-state index is 13.6. The van der Waals surface area contributed by atoms with Gasteiger partial charge in [-0.25, -0.2) is 9.82 Å². The van der Waals surface area contributed by atoms with Crippen LogP contribution in [0.1, 0.15) is 17.2 Å². The Morgan fingerprint density at radius 1 is 1.38 bits per heavy atom. The molecule has 0 saturated carbocycles. The summed E-state index contributed by atoms with van der Waals surface area (Å²) in [5.74, 6) is 5.05. The number of rotatable bonds is 3. The number of hydrogen-bond donors (Lipinski definition) is 2. The smallest absolute Gasteiger partial charge is 0.128 e. The van der Waals surface area contributed by atoms with Crippen molar-refractivity contribution >= 4 is 11.6 Å². The van der Waals surface area contributed by atoms with Crippen molar-refractivity contribution in [2.75, 3.05) is 0 Å². The van der Waals surface area contributed by atoms with E-state index in [-0.39, 0.29) is 5.82 Å². The molecule has 0 radical (unpaired) electrons. The average molecular weight is 241 g/mol. The van der Waals surface area contributed by atoms with E-state index in [1.54, 1.807) is 6.07 Å². The van der Waals surface area contributed by atoms with Crippen molar-refractivity contribution in [1.82, 2.24) is 5.43 Å². The van der Waals surface area contributed by atoms with Crippen LogP contribution in [0, 0.1) is 5.82 Å². The van der Waals surface area contributed by atoms with Crippen molar-refractivity contribution in [1.29, 1.82) is 0 Å². The Balaban J connectivity index is 2.44. The topological polar surface area (TPSA) is 51.2 Å². The Bertz CT molecular complexity index is 473. The van der Waals surface area contributed by atoms with Crippen LogP contribution in [0.15, 0.2) is 41.2 Å². The lowest BCUT2D eigenvalue weighted by Crippen LogP contribution is -2.29. The van der Waals surface area contributed by atoms with Crippen molar-refractivity contribution in [2.45, 2.75) is 6.04 Å². The molecule has 2 aromatic rings. The van der Waals surface area contributed by atoms with Gasteiger partial charge in [0.1, 0.15) is 5.82 Å². The van der Waals surface area contributed by atoms with Crippen LogP contribution in [0.2, 0.25) is 5.02 Å². The van der Waals surface area contributed by atoms with Gasteiger partial charge >= 0.3 is 0 Å². The highest BCUT2D eigenvalue weighted by Crippen LogP contribution is 2.26. The monoisotopic (exact) mass is 240 g/mol. The third-order valence-electron chi connectivity index (χ3n) is 2.31. The molecule has 1 atom stereocenters. The minimum Gasteiger partial charge on any atom is -0.472 e. The summed E-state index contributed by atoms with van der Waals surface area (Å²) < 4.78 is 18.6. The highest BCUT2D eigenvalue weighted by Gasteiger charge is 2.17. The van der Waals surface area contributed by atoms with Gasteiger partial charge in [0.25, 0.3) is 0 Å². The number of nitrogens with one attached hydrogen (secondary N) is 1. The summed E-state index contributed by atoms with van der Waals surface area (Å²) in [6, 6.07) is 5.57. The molecular weight excluding hydrogens is 231 g/mol. The van der Waals surface area contributed by atoms with E-state index in [1.165, 1.54) is 30.7 Å². The standard InChI is InChI=1S/C11H10ClFN2O/c12-8-1-2-10(13)9(5-8)11(15-14)7-3-4-16-6-7/h1-6,11,15H,14H2. The fourth-order valence-electron chi connectivity index (χ4n) is 1.54. The third kappa shape index (κ3) is 2.09. The molecule has 1 aromatic carbocycles. The van der Waals surface area contributed by atoms with Crippen LogP contribution in [0.25, 0.3) is 0 Å². The fourth-order valence-corrected chi connectivity index (χ4v) is 1.72. The minimum absolute atomic E-state index is 0.367. The molecule has 0 spiro atoms. The number of furan rings is 1. The maximum absolute atomic E-state index is 13.6. The first-order valence-corrected chi connectivity index (χ1v) is 5.03. The molecule has 2 rings (SSSR count). The molecule has 16 heavy (non-hydrogen) atoms. The van der Waals surface area contributed by atoms with Gasteiger partial charge in [0.2, 0.25) is 0 Å². The molecule has 0 amide bonds. The maximum Gasteiger partial charge on any atom is 0.128 e. The highest BCUT2D eigenvalue weighted by atomic mass is 35.5. The molecule has 0 bridgehead atoms. The van der Waals surface area contributed by atoms with Crippen molar-refractivity contribution in [3.8, 4) is 0 Å². The molecular formula is C11H10ClFN2O. The normalized spacial score (nSPS) is 12.7. The Morgan fingerprint density at radius 2 is 2.19 bits per heavy atom. The molecule has 3 N–H and O–H groups in total. The molecule has 84 valence electrons. The highest BCUT2D eigenvalue weighted by molar-refractivity contribution is 6.30. The van der Waals surface area contributed by atoms with Crippen LogP contribution in [-0.4, -0.2) is 0 Å².